The molecule has 1 N–H and O–H groups in total. The minimum absolute atomic E-state index is 0.419. The number of hydrogen-bond acceptors (Lipinski definition) is 4. The van der Waals surface area contributed by atoms with Gasteiger partial charge in [0.1, 0.15) is 12.4 Å². The van der Waals surface area contributed by atoms with E-state index in [1.807, 2.05) is 24.3 Å². The van der Waals surface area contributed by atoms with E-state index in [0.717, 1.165) is 5.56 Å². The van der Waals surface area contributed by atoms with Crippen LogP contribution in [0.25, 0.3) is 0 Å². The van der Waals surface area contributed by atoms with E-state index in [1.54, 1.807) is 19.4 Å². The summed E-state index contributed by atoms with van der Waals surface area (Å²) in [4.78, 5) is 8.21. The Balaban J connectivity index is 2.02. The summed E-state index contributed by atoms with van der Waals surface area (Å²) >= 11 is 5.88. The Hall–Kier alpha value is -1.81. The van der Waals surface area contributed by atoms with Gasteiger partial charge in [0, 0.05) is 12.1 Å². The van der Waals surface area contributed by atoms with Crippen molar-refractivity contribution in [1.82, 2.24) is 9.97 Å². The molecule has 0 bridgehead atoms. The molecule has 4 nitrogen and oxygen atoms in total. The second-order valence-corrected chi connectivity index (χ2v) is 3.85. The first-order valence-electron chi connectivity index (χ1n) is 5.15. The van der Waals surface area contributed by atoms with E-state index in [-0.39, 0.29) is 0 Å². The summed E-state index contributed by atoms with van der Waals surface area (Å²) in [6, 6.07) is 7.52. The maximum absolute atomic E-state index is 5.88. The lowest BCUT2D eigenvalue weighted by Crippen LogP contribution is -2.00. The van der Waals surface area contributed by atoms with Crippen LogP contribution in [0, 0.1) is 0 Å². The maximum Gasteiger partial charge on any atom is 0.234 e. The first-order valence-corrected chi connectivity index (χ1v) is 5.53. The molecule has 2 rings (SSSR count). The normalized spacial score (nSPS) is 10.0. The van der Waals surface area contributed by atoms with Crippen LogP contribution in [0.3, 0.4) is 0 Å². The van der Waals surface area contributed by atoms with Crippen molar-refractivity contribution in [3.8, 4) is 5.88 Å². The lowest BCUT2D eigenvalue weighted by atomic mass is 10.2. The van der Waals surface area contributed by atoms with E-state index in [1.165, 1.54) is 0 Å². The van der Waals surface area contributed by atoms with Crippen molar-refractivity contribution in [2.45, 2.75) is 6.61 Å². The lowest BCUT2D eigenvalue weighted by Gasteiger charge is -2.06. The molecule has 17 heavy (non-hydrogen) atoms. The third-order valence-electron chi connectivity index (χ3n) is 2.14. The average molecular weight is 250 g/mol. The SMILES string of the molecule is CNc1cncc(OCc2cccc(Cl)c2)n1. The molecule has 0 unspecified atom stereocenters. The number of benzene rings is 1. The number of nitrogens with zero attached hydrogens (tertiary/aromatic N) is 2. The van der Waals surface area contributed by atoms with Crippen molar-refractivity contribution in [3.63, 3.8) is 0 Å². The van der Waals surface area contributed by atoms with Gasteiger partial charge in [-0.05, 0) is 17.7 Å². The summed E-state index contributed by atoms with van der Waals surface area (Å²) in [6.45, 7) is 0.419. The van der Waals surface area contributed by atoms with E-state index in [0.29, 0.717) is 23.3 Å². The lowest BCUT2D eigenvalue weighted by molar-refractivity contribution is 0.293. The molecule has 2 aromatic rings. The largest absolute Gasteiger partial charge is 0.472 e. The van der Waals surface area contributed by atoms with Crippen LogP contribution in [0.15, 0.2) is 36.7 Å². The summed E-state index contributed by atoms with van der Waals surface area (Å²) in [6.07, 6.45) is 3.21. The first kappa shape index (κ1) is 11.7. The van der Waals surface area contributed by atoms with E-state index >= 15 is 0 Å². The van der Waals surface area contributed by atoms with Gasteiger partial charge in [0.2, 0.25) is 5.88 Å². The minimum Gasteiger partial charge on any atom is -0.472 e. The summed E-state index contributed by atoms with van der Waals surface area (Å²) in [5.41, 5.74) is 0.995. The van der Waals surface area contributed by atoms with Gasteiger partial charge >= 0.3 is 0 Å². The molecular formula is C12H12ClN3O. The van der Waals surface area contributed by atoms with Crippen molar-refractivity contribution < 1.29 is 4.74 Å². The third kappa shape index (κ3) is 3.32. The van der Waals surface area contributed by atoms with Gasteiger partial charge in [0.25, 0.3) is 0 Å². The van der Waals surface area contributed by atoms with Gasteiger partial charge in [-0.25, -0.2) is 0 Å². The first-order chi connectivity index (χ1) is 8.28. The van der Waals surface area contributed by atoms with Crippen LogP contribution in [-0.2, 0) is 6.61 Å². The van der Waals surface area contributed by atoms with E-state index in [2.05, 4.69) is 15.3 Å². The fourth-order valence-corrected chi connectivity index (χ4v) is 1.53. The maximum atomic E-state index is 5.88. The fourth-order valence-electron chi connectivity index (χ4n) is 1.32. The molecule has 5 heteroatoms. The highest BCUT2D eigenvalue weighted by molar-refractivity contribution is 6.30. The van der Waals surface area contributed by atoms with Crippen LogP contribution in [-0.4, -0.2) is 17.0 Å². The summed E-state index contributed by atoms with van der Waals surface area (Å²) in [7, 11) is 1.78. The highest BCUT2D eigenvalue weighted by atomic mass is 35.5. The molecule has 0 aliphatic rings. The molecule has 1 heterocycles. The van der Waals surface area contributed by atoms with Crippen molar-refractivity contribution >= 4 is 17.4 Å². The molecule has 0 saturated carbocycles. The predicted octanol–water partition coefficient (Wildman–Crippen LogP) is 2.75. The van der Waals surface area contributed by atoms with Gasteiger partial charge in [-0.2, -0.15) is 4.98 Å². The Bertz CT molecular complexity index is 505. The van der Waals surface area contributed by atoms with Crippen molar-refractivity contribution in [2.24, 2.45) is 0 Å². The molecule has 0 aliphatic heterocycles. The highest BCUT2D eigenvalue weighted by Gasteiger charge is 1.99. The van der Waals surface area contributed by atoms with Crippen LogP contribution in [0.4, 0.5) is 5.82 Å². The van der Waals surface area contributed by atoms with Gasteiger partial charge in [-0.1, -0.05) is 23.7 Å². The van der Waals surface area contributed by atoms with Crippen LogP contribution < -0.4 is 10.1 Å². The molecule has 0 fully saturated rings. The molecule has 0 saturated heterocycles. The number of anilines is 1. The quantitative estimate of drug-likeness (QED) is 0.905. The number of ether oxygens (including phenoxy) is 1. The molecule has 1 aromatic carbocycles. The number of halogens is 1. The van der Waals surface area contributed by atoms with Gasteiger partial charge in [0.15, 0.2) is 0 Å². The summed E-state index contributed by atoms with van der Waals surface area (Å²) in [5, 5.41) is 3.60. The smallest absolute Gasteiger partial charge is 0.234 e. The fraction of sp³-hybridized carbons (Fsp3) is 0.167. The van der Waals surface area contributed by atoms with Gasteiger partial charge in [0.05, 0.1) is 12.4 Å². The summed E-state index contributed by atoms with van der Waals surface area (Å²) in [5.74, 6) is 1.16. The highest BCUT2D eigenvalue weighted by Crippen LogP contribution is 2.14. The molecule has 0 amide bonds. The Morgan fingerprint density at radius 2 is 2.24 bits per heavy atom. The van der Waals surface area contributed by atoms with Gasteiger partial charge in [-0.15, -0.1) is 0 Å². The molecule has 1 aromatic heterocycles. The Labute approximate surface area is 105 Å². The van der Waals surface area contributed by atoms with Crippen molar-refractivity contribution in [3.05, 3.63) is 47.2 Å². The van der Waals surface area contributed by atoms with E-state index < -0.39 is 0 Å². The zero-order valence-corrected chi connectivity index (χ0v) is 10.1. The third-order valence-corrected chi connectivity index (χ3v) is 2.38. The number of hydrogen-bond donors (Lipinski definition) is 1. The van der Waals surface area contributed by atoms with Crippen LogP contribution in [0.2, 0.25) is 5.02 Å². The van der Waals surface area contributed by atoms with Crippen molar-refractivity contribution in [1.29, 1.82) is 0 Å². The monoisotopic (exact) mass is 249 g/mol. The molecule has 0 aliphatic carbocycles. The number of nitrogens with one attached hydrogen (secondary N) is 1. The second kappa shape index (κ2) is 5.50. The number of rotatable bonds is 4. The molecule has 0 atom stereocenters. The Morgan fingerprint density at radius 3 is 3.00 bits per heavy atom. The zero-order valence-electron chi connectivity index (χ0n) is 9.35. The zero-order chi connectivity index (χ0) is 12.1. The van der Waals surface area contributed by atoms with Crippen LogP contribution >= 0.6 is 11.6 Å². The van der Waals surface area contributed by atoms with Gasteiger partial charge < -0.3 is 10.1 Å². The van der Waals surface area contributed by atoms with Crippen LogP contribution in [0.1, 0.15) is 5.56 Å². The molecule has 0 spiro atoms. The summed E-state index contributed by atoms with van der Waals surface area (Å²) < 4.78 is 5.52. The van der Waals surface area contributed by atoms with Crippen LogP contribution in [0.5, 0.6) is 5.88 Å². The second-order valence-electron chi connectivity index (χ2n) is 3.41. The molecule has 88 valence electrons. The Morgan fingerprint density at radius 1 is 1.35 bits per heavy atom. The minimum atomic E-state index is 0.419. The molecule has 0 radical (unpaired) electrons. The average Bonchev–Trinajstić information content (AvgIpc) is 2.37. The Kier molecular flexibility index (Phi) is 3.77. The predicted molar refractivity (Wildman–Crippen MR) is 67.4 cm³/mol. The standard InChI is InChI=1S/C12H12ClN3O/c1-14-11-6-15-7-12(16-11)17-8-9-3-2-4-10(13)5-9/h2-7H,8H2,1H3,(H,14,16). The topological polar surface area (TPSA) is 47.0 Å². The molecular weight excluding hydrogens is 238 g/mol. The van der Waals surface area contributed by atoms with E-state index in [9.17, 15) is 0 Å². The van der Waals surface area contributed by atoms with Gasteiger partial charge in [-0.3, -0.25) is 4.98 Å². The van der Waals surface area contributed by atoms with Crippen molar-refractivity contribution in [2.75, 3.05) is 12.4 Å². The number of aromatic nitrogens is 2. The van der Waals surface area contributed by atoms with E-state index in [4.69, 9.17) is 16.3 Å².